The number of methoxy groups -OCH3 is 1. The first-order valence-electron chi connectivity index (χ1n) is 6.34. The van der Waals surface area contributed by atoms with Crippen molar-refractivity contribution in [3.05, 3.63) is 29.8 Å². The predicted octanol–water partition coefficient (Wildman–Crippen LogP) is 2.17. The van der Waals surface area contributed by atoms with Crippen LogP contribution in [0.5, 0.6) is 5.75 Å². The average Bonchev–Trinajstić information content (AvgIpc) is 2.41. The fourth-order valence-corrected chi connectivity index (χ4v) is 3.29. The first-order valence-corrected chi connectivity index (χ1v) is 7.50. The summed E-state index contributed by atoms with van der Waals surface area (Å²) < 4.78 is 5.19. The molecule has 2 atom stereocenters. The molecule has 0 aliphatic carbocycles. The van der Waals surface area contributed by atoms with E-state index in [4.69, 9.17) is 4.74 Å². The van der Waals surface area contributed by atoms with Gasteiger partial charge in [0.2, 0.25) is 0 Å². The highest BCUT2D eigenvalue weighted by Crippen LogP contribution is 2.23. The Balaban J connectivity index is 1.99. The zero-order valence-electron chi connectivity index (χ0n) is 11.0. The van der Waals surface area contributed by atoms with Gasteiger partial charge in [0, 0.05) is 30.6 Å². The Morgan fingerprint density at radius 1 is 1.56 bits per heavy atom. The second-order valence-corrected chi connectivity index (χ2v) is 5.86. The number of ether oxygens (including phenoxy) is 1. The zero-order chi connectivity index (χ0) is 13.0. The lowest BCUT2D eigenvalue weighted by atomic mass is 10.1. The van der Waals surface area contributed by atoms with E-state index in [2.05, 4.69) is 11.8 Å². The Morgan fingerprint density at radius 3 is 3.11 bits per heavy atom. The van der Waals surface area contributed by atoms with Gasteiger partial charge in [-0.3, -0.25) is 4.90 Å². The Morgan fingerprint density at radius 2 is 2.39 bits per heavy atom. The Kier molecular flexibility index (Phi) is 4.92. The number of thioether (sulfide) groups is 1. The van der Waals surface area contributed by atoms with Crippen LogP contribution in [0.25, 0.3) is 0 Å². The van der Waals surface area contributed by atoms with Crippen LogP contribution in [-0.2, 0) is 0 Å². The molecule has 0 bridgehead atoms. The molecule has 0 saturated carbocycles. The molecule has 4 heteroatoms. The molecular formula is C14H21NO2S. The van der Waals surface area contributed by atoms with Crippen LogP contribution in [0, 0.1) is 0 Å². The number of β-amino-alcohol motifs (C(OH)–C–C–N with tert-alkyl or cyclic N) is 1. The topological polar surface area (TPSA) is 32.7 Å². The minimum Gasteiger partial charge on any atom is -0.497 e. The van der Waals surface area contributed by atoms with E-state index in [-0.39, 0.29) is 0 Å². The number of hydrogen-bond acceptors (Lipinski definition) is 4. The van der Waals surface area contributed by atoms with Gasteiger partial charge in [-0.1, -0.05) is 12.1 Å². The Hall–Kier alpha value is -0.710. The summed E-state index contributed by atoms with van der Waals surface area (Å²) in [6, 6.07) is 8.23. The molecule has 3 nitrogen and oxygen atoms in total. The normalized spacial score (nSPS) is 22.7. The van der Waals surface area contributed by atoms with Crippen LogP contribution >= 0.6 is 11.8 Å². The van der Waals surface area contributed by atoms with E-state index in [1.807, 2.05) is 36.0 Å². The highest BCUT2D eigenvalue weighted by molar-refractivity contribution is 7.99. The molecule has 1 fully saturated rings. The molecule has 2 rings (SSSR count). The molecule has 1 N–H and O–H groups in total. The molecule has 0 spiro atoms. The summed E-state index contributed by atoms with van der Waals surface area (Å²) in [7, 11) is 1.65. The summed E-state index contributed by atoms with van der Waals surface area (Å²) in [6.07, 6.45) is -0.439. The molecular weight excluding hydrogens is 246 g/mol. The van der Waals surface area contributed by atoms with E-state index in [0.717, 1.165) is 29.4 Å². The number of benzene rings is 1. The number of nitrogens with zero attached hydrogens (tertiary/aromatic N) is 1. The van der Waals surface area contributed by atoms with Crippen LogP contribution in [-0.4, -0.2) is 47.8 Å². The molecule has 1 aromatic rings. The number of hydrogen-bond donors (Lipinski definition) is 1. The van der Waals surface area contributed by atoms with Crippen molar-refractivity contribution in [3.63, 3.8) is 0 Å². The van der Waals surface area contributed by atoms with E-state index in [1.54, 1.807) is 7.11 Å². The van der Waals surface area contributed by atoms with Gasteiger partial charge in [-0.05, 0) is 24.6 Å². The van der Waals surface area contributed by atoms with Gasteiger partial charge in [-0.2, -0.15) is 11.8 Å². The molecule has 0 radical (unpaired) electrons. The summed E-state index contributed by atoms with van der Waals surface area (Å²) in [6.45, 7) is 3.99. The molecule has 0 aromatic heterocycles. The third-order valence-corrected chi connectivity index (χ3v) is 4.58. The van der Waals surface area contributed by atoms with Gasteiger partial charge in [-0.25, -0.2) is 0 Å². The van der Waals surface area contributed by atoms with E-state index >= 15 is 0 Å². The van der Waals surface area contributed by atoms with Crippen molar-refractivity contribution in [2.75, 3.05) is 31.7 Å². The molecule has 0 amide bonds. The van der Waals surface area contributed by atoms with Crippen LogP contribution in [0.2, 0.25) is 0 Å². The highest BCUT2D eigenvalue weighted by atomic mass is 32.2. The van der Waals surface area contributed by atoms with Gasteiger partial charge in [0.05, 0.1) is 13.2 Å². The van der Waals surface area contributed by atoms with Crippen molar-refractivity contribution >= 4 is 11.8 Å². The van der Waals surface area contributed by atoms with E-state index in [9.17, 15) is 5.11 Å². The van der Waals surface area contributed by atoms with E-state index in [1.165, 1.54) is 0 Å². The van der Waals surface area contributed by atoms with Gasteiger partial charge in [0.15, 0.2) is 0 Å². The van der Waals surface area contributed by atoms with Crippen molar-refractivity contribution in [3.8, 4) is 5.75 Å². The van der Waals surface area contributed by atoms with Crippen molar-refractivity contribution in [1.82, 2.24) is 4.90 Å². The van der Waals surface area contributed by atoms with Crippen LogP contribution in [0.4, 0.5) is 0 Å². The minimum absolute atomic E-state index is 0.439. The SMILES string of the molecule is COc1cccc(C(O)CN2CCSCC2C)c1. The third kappa shape index (κ3) is 3.40. The molecule has 100 valence electrons. The maximum atomic E-state index is 10.3. The monoisotopic (exact) mass is 267 g/mol. The molecule has 2 unspecified atom stereocenters. The standard InChI is InChI=1S/C14H21NO2S/c1-11-10-18-7-6-15(11)9-14(16)12-4-3-5-13(8-12)17-2/h3-5,8,11,14,16H,6-7,9-10H2,1-2H3. The van der Waals surface area contributed by atoms with Crippen LogP contribution in [0.15, 0.2) is 24.3 Å². The van der Waals surface area contributed by atoms with Crippen molar-refractivity contribution in [2.24, 2.45) is 0 Å². The predicted molar refractivity (Wildman–Crippen MR) is 76.3 cm³/mol. The average molecular weight is 267 g/mol. The van der Waals surface area contributed by atoms with Gasteiger partial charge in [-0.15, -0.1) is 0 Å². The van der Waals surface area contributed by atoms with E-state index in [0.29, 0.717) is 12.6 Å². The molecule has 1 aromatic carbocycles. The molecule has 1 aliphatic heterocycles. The van der Waals surface area contributed by atoms with Crippen LogP contribution < -0.4 is 4.74 Å². The number of aliphatic hydroxyl groups is 1. The van der Waals surface area contributed by atoms with Crippen LogP contribution in [0.1, 0.15) is 18.6 Å². The number of rotatable bonds is 4. The third-order valence-electron chi connectivity index (χ3n) is 3.39. The lowest BCUT2D eigenvalue weighted by Crippen LogP contribution is -2.42. The molecule has 18 heavy (non-hydrogen) atoms. The van der Waals surface area contributed by atoms with Crippen molar-refractivity contribution in [1.29, 1.82) is 0 Å². The smallest absolute Gasteiger partial charge is 0.119 e. The molecule has 1 heterocycles. The van der Waals surface area contributed by atoms with Gasteiger partial charge >= 0.3 is 0 Å². The fourth-order valence-electron chi connectivity index (χ4n) is 2.21. The minimum atomic E-state index is -0.439. The summed E-state index contributed by atoms with van der Waals surface area (Å²) >= 11 is 1.99. The largest absolute Gasteiger partial charge is 0.497 e. The van der Waals surface area contributed by atoms with E-state index < -0.39 is 6.10 Å². The number of aliphatic hydroxyl groups excluding tert-OH is 1. The Labute approximate surface area is 113 Å². The lowest BCUT2D eigenvalue weighted by molar-refractivity contribution is 0.0987. The first kappa shape index (κ1) is 13.7. The maximum Gasteiger partial charge on any atom is 0.119 e. The summed E-state index contributed by atoms with van der Waals surface area (Å²) in [4.78, 5) is 2.36. The summed E-state index contributed by atoms with van der Waals surface area (Å²) in [5.41, 5.74) is 0.930. The maximum absolute atomic E-state index is 10.3. The zero-order valence-corrected chi connectivity index (χ0v) is 11.8. The second kappa shape index (κ2) is 6.45. The van der Waals surface area contributed by atoms with Crippen molar-refractivity contribution < 1.29 is 9.84 Å². The Bertz CT molecular complexity index is 386. The lowest BCUT2D eigenvalue weighted by Gasteiger charge is -2.34. The fraction of sp³-hybridized carbons (Fsp3) is 0.571. The van der Waals surface area contributed by atoms with Gasteiger partial charge in [0.1, 0.15) is 5.75 Å². The molecule has 1 aliphatic rings. The summed E-state index contributed by atoms with van der Waals surface area (Å²) in [5.74, 6) is 3.12. The first-order chi connectivity index (χ1) is 8.70. The molecule has 1 saturated heterocycles. The van der Waals surface area contributed by atoms with Crippen LogP contribution in [0.3, 0.4) is 0 Å². The highest BCUT2D eigenvalue weighted by Gasteiger charge is 2.21. The quantitative estimate of drug-likeness (QED) is 0.906. The summed E-state index contributed by atoms with van der Waals surface area (Å²) in [5, 5.41) is 10.3. The van der Waals surface area contributed by atoms with Gasteiger partial charge < -0.3 is 9.84 Å². The second-order valence-electron chi connectivity index (χ2n) is 4.71. The van der Waals surface area contributed by atoms with Crippen molar-refractivity contribution in [2.45, 2.75) is 19.1 Å². The van der Waals surface area contributed by atoms with Gasteiger partial charge in [0.25, 0.3) is 0 Å².